The molecule has 1 N–H and O–H groups in total. The highest BCUT2D eigenvalue weighted by atomic mass is 35.5. The zero-order valence-electron chi connectivity index (χ0n) is 27.2. The quantitative estimate of drug-likeness (QED) is 0.0472. The van der Waals surface area contributed by atoms with Crippen LogP contribution >= 0.6 is 34.7 Å². The number of rotatable bonds is 11. The molecule has 1 amide bonds. The third-order valence-corrected chi connectivity index (χ3v) is 10.8. The van der Waals surface area contributed by atoms with Crippen LogP contribution in [-0.4, -0.2) is 39.7 Å². The van der Waals surface area contributed by atoms with Gasteiger partial charge in [0.05, 0.1) is 18.2 Å². The summed E-state index contributed by atoms with van der Waals surface area (Å²) in [5.74, 6) is 0.255. The van der Waals surface area contributed by atoms with Crippen LogP contribution in [0.1, 0.15) is 47.7 Å². The summed E-state index contributed by atoms with van der Waals surface area (Å²) in [6.07, 6.45) is 0.658. The number of amides is 1. The summed E-state index contributed by atoms with van der Waals surface area (Å²) in [4.78, 5) is 29.1. The van der Waals surface area contributed by atoms with E-state index in [1.165, 1.54) is 28.0 Å². The second kappa shape index (κ2) is 14.6. The van der Waals surface area contributed by atoms with Crippen LogP contribution in [0.5, 0.6) is 17.2 Å². The van der Waals surface area contributed by atoms with Crippen molar-refractivity contribution in [2.75, 3.05) is 11.5 Å². The van der Waals surface area contributed by atoms with Gasteiger partial charge < -0.3 is 19.3 Å². The van der Waals surface area contributed by atoms with Crippen molar-refractivity contribution in [1.29, 1.82) is 0 Å². The number of aliphatic hydroxyl groups excluding tert-OH is 1. The first-order valence-electron chi connectivity index (χ1n) is 16.0. The van der Waals surface area contributed by atoms with Crippen molar-refractivity contribution in [3.8, 4) is 17.2 Å². The van der Waals surface area contributed by atoms with E-state index in [9.17, 15) is 14.7 Å². The molecule has 0 radical (unpaired) electrons. The van der Waals surface area contributed by atoms with Crippen LogP contribution in [-0.2, 0) is 28.4 Å². The summed E-state index contributed by atoms with van der Waals surface area (Å²) < 4.78 is 18.6. The van der Waals surface area contributed by atoms with Gasteiger partial charge in [0.15, 0.2) is 15.8 Å². The summed E-state index contributed by atoms with van der Waals surface area (Å²) in [7, 11) is 0. The molecule has 2 aliphatic rings. The number of anilines is 1. The van der Waals surface area contributed by atoms with Crippen LogP contribution in [0.4, 0.5) is 5.13 Å². The first-order valence-corrected chi connectivity index (χ1v) is 18.2. The van der Waals surface area contributed by atoms with Crippen molar-refractivity contribution in [2.45, 2.75) is 49.1 Å². The molecule has 0 saturated carbocycles. The minimum Gasteiger partial charge on any atom is -0.507 e. The standard InChI is InChI=1S/C38H32ClN3O6S2/c1-3-46-31-19-24(13-16-30(31)47-20-23-9-5-4-6-10-23)33-32(34(43)25-14-15-29-27(18-25)17-22(2)48-29)35(44)36(45)42(33)37-40-41-38(50-37)49-21-26-11-7-8-12-28(26)39/h4-16,18-19,22,33,43H,3,17,20-21H2,1-2H3/t22-,33-/m0/s1. The van der Waals surface area contributed by atoms with Gasteiger partial charge in [-0.3, -0.25) is 14.5 Å². The van der Waals surface area contributed by atoms with Gasteiger partial charge in [-0.2, -0.15) is 0 Å². The van der Waals surface area contributed by atoms with Gasteiger partial charge in [-0.1, -0.05) is 89.3 Å². The maximum absolute atomic E-state index is 13.9. The topological polar surface area (TPSA) is 111 Å². The van der Waals surface area contributed by atoms with E-state index in [-0.39, 0.29) is 22.6 Å². The number of carbonyl (C=O) groups excluding carboxylic acids is 2. The Labute approximate surface area is 302 Å². The molecule has 7 rings (SSSR count). The molecule has 2 atom stereocenters. The van der Waals surface area contributed by atoms with Crippen molar-refractivity contribution >= 4 is 57.3 Å². The van der Waals surface area contributed by atoms with E-state index in [0.29, 0.717) is 57.4 Å². The molecular weight excluding hydrogens is 694 g/mol. The molecule has 0 bridgehead atoms. The number of hydrogen-bond acceptors (Lipinski definition) is 10. The van der Waals surface area contributed by atoms with Gasteiger partial charge in [0.1, 0.15) is 24.2 Å². The van der Waals surface area contributed by atoms with E-state index >= 15 is 0 Å². The first kappa shape index (κ1) is 33.6. The number of ether oxygens (including phenoxy) is 3. The summed E-state index contributed by atoms with van der Waals surface area (Å²) in [6.45, 7) is 4.50. The number of ketones is 1. The lowest BCUT2D eigenvalue weighted by molar-refractivity contribution is -0.132. The van der Waals surface area contributed by atoms with Crippen LogP contribution in [0.2, 0.25) is 5.02 Å². The number of thioether (sulfide) groups is 1. The maximum Gasteiger partial charge on any atom is 0.301 e. The van der Waals surface area contributed by atoms with Crippen LogP contribution in [0, 0.1) is 0 Å². The Hall–Kier alpha value is -4.84. The Morgan fingerprint density at radius 2 is 1.80 bits per heavy atom. The van der Waals surface area contributed by atoms with Gasteiger partial charge >= 0.3 is 5.91 Å². The number of aromatic nitrogens is 2. The number of carbonyl (C=O) groups is 2. The van der Waals surface area contributed by atoms with Gasteiger partial charge in [0.25, 0.3) is 5.78 Å². The van der Waals surface area contributed by atoms with Crippen LogP contribution in [0.25, 0.3) is 5.76 Å². The van der Waals surface area contributed by atoms with Gasteiger partial charge in [-0.25, -0.2) is 0 Å². The van der Waals surface area contributed by atoms with Crippen molar-refractivity contribution in [2.24, 2.45) is 0 Å². The number of hydrogen-bond donors (Lipinski definition) is 1. The molecule has 5 aromatic rings. The zero-order chi connectivity index (χ0) is 34.8. The Kier molecular flexibility index (Phi) is 9.80. The molecule has 12 heteroatoms. The molecular formula is C38H32ClN3O6S2. The molecule has 0 spiro atoms. The lowest BCUT2D eigenvalue weighted by Gasteiger charge is -2.24. The number of halogens is 1. The van der Waals surface area contributed by atoms with E-state index in [0.717, 1.165) is 22.4 Å². The summed E-state index contributed by atoms with van der Waals surface area (Å²) in [5.41, 5.74) is 3.70. The van der Waals surface area contributed by atoms with Gasteiger partial charge in [0, 0.05) is 22.8 Å². The van der Waals surface area contributed by atoms with E-state index in [2.05, 4.69) is 10.2 Å². The molecule has 2 aliphatic heterocycles. The van der Waals surface area contributed by atoms with Crippen molar-refractivity contribution in [3.05, 3.63) is 129 Å². The zero-order valence-corrected chi connectivity index (χ0v) is 29.6. The van der Waals surface area contributed by atoms with Crippen molar-refractivity contribution in [1.82, 2.24) is 10.2 Å². The molecule has 254 valence electrons. The highest BCUT2D eigenvalue weighted by Gasteiger charge is 2.48. The molecule has 0 aliphatic carbocycles. The smallest absolute Gasteiger partial charge is 0.301 e. The average molecular weight is 726 g/mol. The minimum absolute atomic E-state index is 0.00466. The molecule has 4 aromatic carbocycles. The van der Waals surface area contributed by atoms with Gasteiger partial charge in [0.2, 0.25) is 5.13 Å². The second-order valence-corrected chi connectivity index (χ2v) is 14.4. The second-order valence-electron chi connectivity index (χ2n) is 11.8. The monoisotopic (exact) mass is 725 g/mol. The van der Waals surface area contributed by atoms with Crippen LogP contribution in [0.15, 0.2) is 101 Å². The Morgan fingerprint density at radius 3 is 2.60 bits per heavy atom. The SMILES string of the molecule is CCOc1cc([C@H]2C(=C(O)c3ccc4c(c3)C[C@H](C)O4)C(=O)C(=O)N2c2nnc(SCc3ccccc3Cl)s2)ccc1OCc1ccccc1. The van der Waals surface area contributed by atoms with E-state index in [1.807, 2.05) is 68.4 Å². The minimum atomic E-state index is -1.03. The fraction of sp³-hybridized carbons (Fsp3) is 0.211. The van der Waals surface area contributed by atoms with Crippen LogP contribution in [0.3, 0.4) is 0 Å². The number of aliphatic hydroxyl groups is 1. The Balaban J connectivity index is 1.28. The third-order valence-electron chi connectivity index (χ3n) is 8.35. The molecule has 0 unspecified atom stereocenters. The molecule has 9 nitrogen and oxygen atoms in total. The average Bonchev–Trinajstić information content (AvgIpc) is 3.82. The maximum atomic E-state index is 13.9. The van der Waals surface area contributed by atoms with Crippen molar-refractivity contribution in [3.63, 3.8) is 0 Å². The van der Waals surface area contributed by atoms with E-state index in [1.54, 1.807) is 36.4 Å². The van der Waals surface area contributed by atoms with Crippen molar-refractivity contribution < 1.29 is 28.9 Å². The molecule has 1 saturated heterocycles. The molecule has 3 heterocycles. The first-order chi connectivity index (χ1) is 24.3. The Morgan fingerprint density at radius 1 is 1.00 bits per heavy atom. The highest BCUT2D eigenvalue weighted by molar-refractivity contribution is 8.00. The van der Waals surface area contributed by atoms with Gasteiger partial charge in [-0.15, -0.1) is 10.2 Å². The fourth-order valence-corrected chi connectivity index (χ4v) is 8.15. The molecule has 50 heavy (non-hydrogen) atoms. The predicted molar refractivity (Wildman–Crippen MR) is 194 cm³/mol. The molecule has 1 fully saturated rings. The lowest BCUT2D eigenvalue weighted by Crippen LogP contribution is -2.29. The Bertz CT molecular complexity index is 2100. The lowest BCUT2D eigenvalue weighted by atomic mass is 9.94. The summed E-state index contributed by atoms with van der Waals surface area (Å²) in [5, 5.41) is 21.4. The number of Topliss-reactive ketones (excluding diaryl/α,β-unsaturated/α-hetero) is 1. The summed E-state index contributed by atoms with van der Waals surface area (Å²) in [6, 6.07) is 26.8. The highest BCUT2D eigenvalue weighted by Crippen LogP contribution is 2.46. The van der Waals surface area contributed by atoms with Gasteiger partial charge in [-0.05, 0) is 72.5 Å². The predicted octanol–water partition coefficient (Wildman–Crippen LogP) is 8.41. The van der Waals surface area contributed by atoms with E-state index in [4.69, 9.17) is 25.8 Å². The van der Waals surface area contributed by atoms with E-state index < -0.39 is 17.7 Å². The van der Waals surface area contributed by atoms with Crippen LogP contribution < -0.4 is 19.1 Å². The normalized spacial score (nSPS) is 17.9. The fourth-order valence-electron chi connectivity index (χ4n) is 6.00. The number of nitrogens with zero attached hydrogens (tertiary/aromatic N) is 3. The molecule has 1 aromatic heterocycles. The number of fused-ring (bicyclic) bond motifs is 1. The largest absolute Gasteiger partial charge is 0.507 e. The third kappa shape index (κ3) is 6.81. The number of benzene rings is 4. The summed E-state index contributed by atoms with van der Waals surface area (Å²) >= 11 is 8.97.